The lowest BCUT2D eigenvalue weighted by Gasteiger charge is -2.10. The first-order chi connectivity index (χ1) is 7.66. The van der Waals surface area contributed by atoms with E-state index in [9.17, 15) is 0 Å². The topological polar surface area (TPSA) is 43.8 Å². The summed E-state index contributed by atoms with van der Waals surface area (Å²) < 4.78 is 3.17. The molecule has 0 saturated heterocycles. The summed E-state index contributed by atoms with van der Waals surface area (Å²) in [6, 6.07) is 8.28. The second-order valence-corrected chi connectivity index (χ2v) is 4.78. The van der Waals surface area contributed by atoms with Crippen LogP contribution in [0.25, 0.3) is 0 Å². The number of imidazole rings is 1. The Hall–Kier alpha value is -1.13. The first-order valence-electron chi connectivity index (χ1n) is 5.17. The number of halogens is 1. The molecule has 0 spiro atoms. The molecule has 0 aliphatic carbocycles. The van der Waals surface area contributed by atoms with E-state index in [0.717, 1.165) is 16.7 Å². The van der Waals surface area contributed by atoms with Crippen LogP contribution in [0, 0.1) is 0 Å². The largest absolute Gasteiger partial charge is 0.329 e. The molecular weight excluding hydrogens is 266 g/mol. The molecule has 4 heteroatoms. The van der Waals surface area contributed by atoms with E-state index in [0.29, 0.717) is 0 Å². The Labute approximate surface area is 103 Å². The van der Waals surface area contributed by atoms with E-state index < -0.39 is 0 Å². The van der Waals surface area contributed by atoms with Crippen molar-refractivity contribution in [1.82, 2.24) is 9.55 Å². The molecule has 0 amide bonds. The third-order valence-corrected chi connectivity index (χ3v) is 3.01. The van der Waals surface area contributed by atoms with Gasteiger partial charge in [-0.05, 0) is 24.6 Å². The van der Waals surface area contributed by atoms with Crippen molar-refractivity contribution in [2.75, 3.05) is 0 Å². The van der Waals surface area contributed by atoms with Gasteiger partial charge < -0.3 is 10.3 Å². The lowest BCUT2D eigenvalue weighted by atomic mass is 10.2. The van der Waals surface area contributed by atoms with Crippen LogP contribution in [0.4, 0.5) is 0 Å². The smallest absolute Gasteiger partial charge is 0.0951 e. The molecule has 1 aromatic carbocycles. The third kappa shape index (κ3) is 2.51. The highest BCUT2D eigenvalue weighted by molar-refractivity contribution is 9.10. The number of aromatic nitrogens is 2. The lowest BCUT2D eigenvalue weighted by molar-refractivity contribution is 0.674. The van der Waals surface area contributed by atoms with Crippen LogP contribution in [0.15, 0.2) is 41.3 Å². The second kappa shape index (κ2) is 4.80. The normalized spacial score (nSPS) is 12.7. The minimum absolute atomic E-state index is 0.0120. The predicted molar refractivity (Wildman–Crippen MR) is 68.1 cm³/mol. The molecule has 0 aliphatic heterocycles. The molecule has 0 saturated carbocycles. The Kier molecular flexibility index (Phi) is 3.41. The molecule has 84 valence electrons. The van der Waals surface area contributed by atoms with Crippen molar-refractivity contribution in [1.29, 1.82) is 0 Å². The van der Waals surface area contributed by atoms with Gasteiger partial charge in [-0.2, -0.15) is 0 Å². The number of hydrogen-bond acceptors (Lipinski definition) is 2. The van der Waals surface area contributed by atoms with Gasteiger partial charge in [-0.15, -0.1) is 0 Å². The highest BCUT2D eigenvalue weighted by Crippen LogP contribution is 2.14. The van der Waals surface area contributed by atoms with Gasteiger partial charge in [0.2, 0.25) is 0 Å². The quantitative estimate of drug-likeness (QED) is 0.939. The van der Waals surface area contributed by atoms with Crippen molar-refractivity contribution < 1.29 is 0 Å². The number of rotatable bonds is 3. The van der Waals surface area contributed by atoms with Gasteiger partial charge in [-0.1, -0.05) is 28.1 Å². The van der Waals surface area contributed by atoms with Crippen LogP contribution in [0.5, 0.6) is 0 Å². The van der Waals surface area contributed by atoms with Crippen molar-refractivity contribution in [3.63, 3.8) is 0 Å². The molecule has 0 bridgehead atoms. The lowest BCUT2D eigenvalue weighted by Crippen LogP contribution is -2.12. The first kappa shape index (κ1) is 11.4. The Morgan fingerprint density at radius 2 is 2.06 bits per heavy atom. The zero-order valence-corrected chi connectivity index (χ0v) is 10.7. The molecule has 0 aliphatic rings. The van der Waals surface area contributed by atoms with E-state index in [1.54, 1.807) is 0 Å². The van der Waals surface area contributed by atoms with Crippen LogP contribution in [0.3, 0.4) is 0 Å². The molecule has 1 unspecified atom stereocenters. The summed E-state index contributed by atoms with van der Waals surface area (Å²) in [5, 5.41) is 0. The van der Waals surface area contributed by atoms with E-state index in [-0.39, 0.29) is 6.04 Å². The van der Waals surface area contributed by atoms with Crippen LogP contribution in [0.2, 0.25) is 0 Å². The first-order valence-corrected chi connectivity index (χ1v) is 5.96. The molecule has 16 heavy (non-hydrogen) atoms. The average Bonchev–Trinajstić information content (AvgIpc) is 2.69. The summed E-state index contributed by atoms with van der Waals surface area (Å²) in [5.74, 6) is 0. The van der Waals surface area contributed by atoms with E-state index in [1.807, 2.05) is 31.6 Å². The van der Waals surface area contributed by atoms with E-state index in [1.165, 1.54) is 5.56 Å². The molecule has 3 nitrogen and oxygen atoms in total. The highest BCUT2D eigenvalue weighted by atomic mass is 79.9. The molecule has 0 fully saturated rings. The Morgan fingerprint density at radius 3 is 2.69 bits per heavy atom. The SMILES string of the molecule is CC(N)c1cncn1Cc1ccc(Br)cc1. The van der Waals surface area contributed by atoms with Crippen LogP contribution >= 0.6 is 15.9 Å². The molecular formula is C12H14BrN3. The number of benzene rings is 1. The van der Waals surface area contributed by atoms with Crippen molar-refractivity contribution >= 4 is 15.9 Å². The van der Waals surface area contributed by atoms with Crippen LogP contribution < -0.4 is 5.73 Å². The van der Waals surface area contributed by atoms with Crippen LogP contribution in [-0.4, -0.2) is 9.55 Å². The minimum Gasteiger partial charge on any atom is -0.329 e. The Balaban J connectivity index is 2.20. The van der Waals surface area contributed by atoms with Gasteiger partial charge in [0, 0.05) is 23.3 Å². The minimum atomic E-state index is 0.0120. The van der Waals surface area contributed by atoms with Crippen LogP contribution in [-0.2, 0) is 6.54 Å². The van der Waals surface area contributed by atoms with E-state index in [4.69, 9.17) is 5.73 Å². The standard InChI is InChI=1S/C12H14BrN3/c1-9(14)12-6-15-8-16(12)7-10-2-4-11(13)5-3-10/h2-6,8-9H,7,14H2,1H3. The van der Waals surface area contributed by atoms with E-state index in [2.05, 4.69) is 37.6 Å². The summed E-state index contributed by atoms with van der Waals surface area (Å²) in [7, 11) is 0. The maximum absolute atomic E-state index is 5.87. The van der Waals surface area contributed by atoms with Gasteiger partial charge in [0.25, 0.3) is 0 Å². The number of nitrogens with zero attached hydrogens (tertiary/aromatic N) is 2. The van der Waals surface area contributed by atoms with Crippen molar-refractivity contribution in [2.24, 2.45) is 5.73 Å². The fourth-order valence-corrected chi connectivity index (χ4v) is 1.89. The molecule has 2 rings (SSSR count). The van der Waals surface area contributed by atoms with Gasteiger partial charge in [-0.25, -0.2) is 4.98 Å². The second-order valence-electron chi connectivity index (χ2n) is 3.86. The summed E-state index contributed by atoms with van der Waals surface area (Å²) in [6.07, 6.45) is 3.64. The summed E-state index contributed by atoms with van der Waals surface area (Å²) in [6.45, 7) is 2.78. The van der Waals surface area contributed by atoms with Crippen molar-refractivity contribution in [3.8, 4) is 0 Å². The Morgan fingerprint density at radius 1 is 1.38 bits per heavy atom. The number of nitrogens with two attached hydrogens (primary N) is 1. The fourth-order valence-electron chi connectivity index (χ4n) is 1.63. The zero-order chi connectivity index (χ0) is 11.5. The molecule has 1 heterocycles. The monoisotopic (exact) mass is 279 g/mol. The third-order valence-electron chi connectivity index (χ3n) is 2.48. The van der Waals surface area contributed by atoms with Crippen molar-refractivity contribution in [2.45, 2.75) is 19.5 Å². The van der Waals surface area contributed by atoms with Gasteiger partial charge in [0.15, 0.2) is 0 Å². The molecule has 0 radical (unpaired) electrons. The zero-order valence-electron chi connectivity index (χ0n) is 9.10. The van der Waals surface area contributed by atoms with E-state index >= 15 is 0 Å². The summed E-state index contributed by atoms with van der Waals surface area (Å²) in [4.78, 5) is 4.13. The molecule has 2 aromatic rings. The summed E-state index contributed by atoms with van der Waals surface area (Å²) >= 11 is 3.42. The maximum Gasteiger partial charge on any atom is 0.0951 e. The van der Waals surface area contributed by atoms with Crippen molar-refractivity contribution in [3.05, 3.63) is 52.5 Å². The molecule has 2 N–H and O–H groups in total. The highest BCUT2D eigenvalue weighted by Gasteiger charge is 2.06. The Bertz CT molecular complexity index is 459. The van der Waals surface area contributed by atoms with Gasteiger partial charge in [0.05, 0.1) is 12.0 Å². The van der Waals surface area contributed by atoms with Crippen LogP contribution in [0.1, 0.15) is 24.2 Å². The fraction of sp³-hybridized carbons (Fsp3) is 0.250. The number of hydrogen-bond donors (Lipinski definition) is 1. The predicted octanol–water partition coefficient (Wildman–Crippen LogP) is 2.71. The van der Waals surface area contributed by atoms with Gasteiger partial charge in [-0.3, -0.25) is 0 Å². The maximum atomic E-state index is 5.87. The molecule has 1 aromatic heterocycles. The van der Waals surface area contributed by atoms with Gasteiger partial charge >= 0.3 is 0 Å². The summed E-state index contributed by atoms with van der Waals surface area (Å²) in [5.41, 5.74) is 8.17. The average molecular weight is 280 g/mol. The molecule has 1 atom stereocenters. The van der Waals surface area contributed by atoms with Gasteiger partial charge in [0.1, 0.15) is 0 Å².